The molecule has 2 aromatic rings. The van der Waals surface area contributed by atoms with Crippen LogP contribution in [-0.4, -0.2) is 12.2 Å². The monoisotopic (exact) mass is 297 g/mol. The Labute approximate surface area is 121 Å². The number of benzene rings is 2. The summed E-state index contributed by atoms with van der Waals surface area (Å²) in [6.45, 7) is 0.429. The van der Waals surface area contributed by atoms with Crippen LogP contribution in [0.1, 0.15) is 5.56 Å². The number of phenols is 1. The molecule has 0 aliphatic rings. The Morgan fingerprint density at radius 2 is 1.84 bits per heavy atom. The fourth-order valence-electron chi connectivity index (χ4n) is 1.66. The average molecular weight is 298 g/mol. The van der Waals surface area contributed by atoms with E-state index in [2.05, 4.69) is 5.32 Å². The third-order valence-corrected chi connectivity index (χ3v) is 3.19. The predicted octanol–water partition coefficient (Wildman–Crippen LogP) is 4.32. The lowest BCUT2D eigenvalue weighted by Crippen LogP contribution is -2.00. The second kappa shape index (κ2) is 6.04. The number of anilines is 1. The normalized spacial score (nSPS) is 10.3. The highest BCUT2D eigenvalue weighted by atomic mass is 35.5. The molecule has 3 nitrogen and oxygen atoms in total. The van der Waals surface area contributed by atoms with Gasteiger partial charge in [0.05, 0.1) is 12.1 Å². The van der Waals surface area contributed by atoms with Gasteiger partial charge in [-0.3, -0.25) is 0 Å². The fourth-order valence-corrected chi connectivity index (χ4v) is 2.20. The Hall–Kier alpha value is -1.58. The van der Waals surface area contributed by atoms with Gasteiger partial charge in [-0.25, -0.2) is 0 Å². The van der Waals surface area contributed by atoms with Gasteiger partial charge >= 0.3 is 0 Å². The molecular weight excluding hydrogens is 285 g/mol. The minimum absolute atomic E-state index is 0.0482. The number of methoxy groups -OCH3 is 1. The van der Waals surface area contributed by atoms with Crippen LogP contribution in [0.2, 0.25) is 10.0 Å². The summed E-state index contributed by atoms with van der Waals surface area (Å²) in [6.07, 6.45) is 0. The highest BCUT2D eigenvalue weighted by Crippen LogP contribution is 2.31. The summed E-state index contributed by atoms with van der Waals surface area (Å²) in [4.78, 5) is 0. The third kappa shape index (κ3) is 3.46. The maximum absolute atomic E-state index is 9.83. The van der Waals surface area contributed by atoms with Crippen LogP contribution in [0.5, 0.6) is 11.5 Å². The fraction of sp³-hybridized carbons (Fsp3) is 0.143. The van der Waals surface area contributed by atoms with Crippen molar-refractivity contribution in [3.8, 4) is 11.5 Å². The van der Waals surface area contributed by atoms with E-state index in [9.17, 15) is 5.11 Å². The minimum Gasteiger partial charge on any atom is -0.506 e. The Morgan fingerprint density at radius 1 is 1.16 bits per heavy atom. The molecule has 0 aromatic heterocycles. The summed E-state index contributed by atoms with van der Waals surface area (Å²) in [5.74, 6) is 0.839. The topological polar surface area (TPSA) is 41.5 Å². The first-order valence-electron chi connectivity index (χ1n) is 5.65. The van der Waals surface area contributed by atoms with E-state index in [-0.39, 0.29) is 10.8 Å². The van der Waals surface area contributed by atoms with Crippen molar-refractivity contribution in [2.45, 2.75) is 6.54 Å². The van der Waals surface area contributed by atoms with E-state index in [1.54, 1.807) is 13.2 Å². The van der Waals surface area contributed by atoms with Crippen LogP contribution in [0.25, 0.3) is 0 Å². The van der Waals surface area contributed by atoms with Crippen LogP contribution < -0.4 is 10.1 Å². The molecule has 0 fully saturated rings. The van der Waals surface area contributed by atoms with Crippen LogP contribution in [0, 0.1) is 0 Å². The van der Waals surface area contributed by atoms with Gasteiger partial charge in [-0.1, -0.05) is 23.2 Å². The number of hydrogen-bond donors (Lipinski definition) is 2. The first kappa shape index (κ1) is 13.8. The zero-order chi connectivity index (χ0) is 13.8. The Kier molecular flexibility index (Phi) is 4.40. The predicted molar refractivity (Wildman–Crippen MR) is 78.4 cm³/mol. The van der Waals surface area contributed by atoms with Crippen LogP contribution in [-0.2, 0) is 6.54 Å². The molecule has 0 radical (unpaired) electrons. The van der Waals surface area contributed by atoms with Gasteiger partial charge in [-0.15, -0.1) is 0 Å². The van der Waals surface area contributed by atoms with Crippen molar-refractivity contribution < 1.29 is 9.84 Å². The first-order chi connectivity index (χ1) is 9.10. The SMILES string of the molecule is COc1ccc(NCc2cc(Cl)cc(Cl)c2O)cc1. The molecule has 0 aliphatic heterocycles. The van der Waals surface area contributed by atoms with Crippen LogP contribution in [0.15, 0.2) is 36.4 Å². The van der Waals surface area contributed by atoms with Crippen molar-refractivity contribution >= 4 is 28.9 Å². The molecule has 0 spiro atoms. The van der Waals surface area contributed by atoms with Gasteiger partial charge in [0.2, 0.25) is 0 Å². The number of halogens is 2. The van der Waals surface area contributed by atoms with Crippen LogP contribution in [0.3, 0.4) is 0 Å². The number of ether oxygens (including phenoxy) is 1. The van der Waals surface area contributed by atoms with Gasteiger partial charge in [0.25, 0.3) is 0 Å². The second-order valence-corrected chi connectivity index (χ2v) is 4.82. The summed E-state index contributed by atoms with van der Waals surface area (Å²) in [7, 11) is 1.62. The van der Waals surface area contributed by atoms with Crippen LogP contribution >= 0.6 is 23.2 Å². The number of aromatic hydroxyl groups is 1. The van der Waals surface area contributed by atoms with Crippen molar-refractivity contribution in [2.24, 2.45) is 0 Å². The largest absolute Gasteiger partial charge is 0.506 e. The van der Waals surface area contributed by atoms with E-state index < -0.39 is 0 Å². The lowest BCUT2D eigenvalue weighted by atomic mass is 10.2. The molecule has 5 heteroatoms. The van der Waals surface area contributed by atoms with E-state index in [1.807, 2.05) is 24.3 Å². The van der Waals surface area contributed by atoms with E-state index in [0.29, 0.717) is 17.1 Å². The summed E-state index contributed by atoms with van der Waals surface area (Å²) in [5, 5.41) is 13.8. The number of nitrogens with one attached hydrogen (secondary N) is 1. The molecule has 19 heavy (non-hydrogen) atoms. The minimum atomic E-state index is 0.0482. The maximum atomic E-state index is 9.83. The molecule has 0 amide bonds. The van der Waals surface area contributed by atoms with Crippen molar-refractivity contribution in [1.29, 1.82) is 0 Å². The maximum Gasteiger partial charge on any atom is 0.139 e. The summed E-state index contributed by atoms with van der Waals surface area (Å²) in [5.41, 5.74) is 1.56. The molecular formula is C14H13Cl2NO2. The number of phenolic OH excluding ortho intramolecular Hbond substituents is 1. The molecule has 2 aromatic carbocycles. The smallest absolute Gasteiger partial charge is 0.139 e. The molecule has 0 unspecified atom stereocenters. The Balaban J connectivity index is 2.09. The summed E-state index contributed by atoms with van der Waals surface area (Å²) >= 11 is 11.8. The second-order valence-electron chi connectivity index (χ2n) is 3.98. The Morgan fingerprint density at radius 3 is 2.47 bits per heavy atom. The molecule has 0 heterocycles. The standard InChI is InChI=1S/C14H13Cl2NO2/c1-19-12-4-2-11(3-5-12)17-8-9-6-10(15)7-13(16)14(9)18/h2-7,17-18H,8H2,1H3. The van der Waals surface area contributed by atoms with Crippen molar-refractivity contribution in [1.82, 2.24) is 0 Å². The van der Waals surface area contributed by atoms with Crippen molar-refractivity contribution in [3.05, 3.63) is 52.0 Å². The lowest BCUT2D eigenvalue weighted by Gasteiger charge is -2.10. The third-order valence-electron chi connectivity index (χ3n) is 2.68. The van der Waals surface area contributed by atoms with Gasteiger partial charge in [-0.2, -0.15) is 0 Å². The molecule has 0 saturated heterocycles. The summed E-state index contributed by atoms with van der Waals surface area (Å²) < 4.78 is 5.08. The molecule has 2 rings (SSSR count). The van der Waals surface area contributed by atoms with Gasteiger partial charge in [0.1, 0.15) is 11.5 Å². The molecule has 0 saturated carbocycles. The van der Waals surface area contributed by atoms with E-state index in [4.69, 9.17) is 27.9 Å². The van der Waals surface area contributed by atoms with E-state index in [1.165, 1.54) is 6.07 Å². The number of rotatable bonds is 4. The highest BCUT2D eigenvalue weighted by molar-refractivity contribution is 6.35. The van der Waals surface area contributed by atoms with E-state index in [0.717, 1.165) is 11.4 Å². The van der Waals surface area contributed by atoms with Gasteiger partial charge < -0.3 is 15.2 Å². The average Bonchev–Trinajstić information content (AvgIpc) is 2.41. The zero-order valence-corrected chi connectivity index (χ0v) is 11.8. The van der Waals surface area contributed by atoms with Crippen LogP contribution in [0.4, 0.5) is 5.69 Å². The first-order valence-corrected chi connectivity index (χ1v) is 6.40. The Bertz CT molecular complexity index is 570. The zero-order valence-electron chi connectivity index (χ0n) is 10.3. The molecule has 0 aliphatic carbocycles. The number of hydrogen-bond acceptors (Lipinski definition) is 3. The van der Waals surface area contributed by atoms with Gasteiger partial charge in [-0.05, 0) is 36.4 Å². The van der Waals surface area contributed by atoms with Gasteiger partial charge in [0.15, 0.2) is 0 Å². The highest BCUT2D eigenvalue weighted by Gasteiger charge is 2.07. The van der Waals surface area contributed by atoms with Crippen molar-refractivity contribution in [3.63, 3.8) is 0 Å². The summed E-state index contributed by atoms with van der Waals surface area (Å²) in [6, 6.07) is 10.7. The molecule has 0 bridgehead atoms. The van der Waals surface area contributed by atoms with Crippen molar-refractivity contribution in [2.75, 3.05) is 12.4 Å². The molecule has 100 valence electrons. The molecule has 2 N–H and O–H groups in total. The lowest BCUT2D eigenvalue weighted by molar-refractivity contribution is 0.415. The van der Waals surface area contributed by atoms with E-state index >= 15 is 0 Å². The molecule has 0 atom stereocenters. The quantitative estimate of drug-likeness (QED) is 0.883. The van der Waals surface area contributed by atoms with Gasteiger partial charge in [0, 0.05) is 22.8 Å².